The molecule has 2 aliphatic rings. The number of hydrogen-bond acceptors (Lipinski definition) is 8. The van der Waals surface area contributed by atoms with Crippen molar-refractivity contribution in [1.29, 1.82) is 0 Å². The molecule has 2 atom stereocenters. The second-order valence-electron chi connectivity index (χ2n) is 7.62. The third kappa shape index (κ3) is 6.75. The van der Waals surface area contributed by atoms with E-state index in [1.807, 2.05) is 0 Å². The monoisotopic (exact) mass is 579 g/mol. The van der Waals surface area contributed by atoms with Gasteiger partial charge < -0.3 is 14.6 Å². The van der Waals surface area contributed by atoms with Gasteiger partial charge in [-0.3, -0.25) is 19.3 Å². The fraction of sp³-hybridized carbons (Fsp3) is 0.381. The molecule has 3 amide bonds. The summed E-state index contributed by atoms with van der Waals surface area (Å²) < 4.78 is 7.84. The Morgan fingerprint density at radius 1 is 1.19 bits per heavy atom. The molecule has 0 saturated carbocycles. The van der Waals surface area contributed by atoms with E-state index in [1.165, 1.54) is 6.92 Å². The average molecular weight is 581 g/mol. The van der Waals surface area contributed by atoms with E-state index in [9.17, 15) is 29.1 Å². The zero-order valence-corrected chi connectivity index (χ0v) is 21.7. The van der Waals surface area contributed by atoms with Gasteiger partial charge in [-0.2, -0.15) is 0 Å². The van der Waals surface area contributed by atoms with Gasteiger partial charge >= 0.3 is 18.0 Å². The lowest BCUT2D eigenvalue weighted by atomic mass is 10.0. The molecule has 2 N–H and O–H groups in total. The number of carbonyl (C=O) groups excluding carboxylic acids is 4. The van der Waals surface area contributed by atoms with E-state index in [0.29, 0.717) is 5.56 Å². The van der Waals surface area contributed by atoms with Crippen LogP contribution in [0.4, 0.5) is 4.79 Å². The first-order chi connectivity index (χ1) is 16.9. The van der Waals surface area contributed by atoms with Crippen LogP contribution in [-0.2, 0) is 35.1 Å². The Balaban J connectivity index is 1.85. The van der Waals surface area contributed by atoms with Crippen LogP contribution in [-0.4, -0.2) is 79.0 Å². The number of halogens is 3. The Morgan fingerprint density at radius 3 is 2.44 bits per heavy atom. The number of nitrogens with one attached hydrogen (secondary N) is 1. The van der Waals surface area contributed by atoms with Crippen LogP contribution in [0.1, 0.15) is 12.5 Å². The van der Waals surface area contributed by atoms with E-state index in [-0.39, 0.29) is 30.1 Å². The highest BCUT2D eigenvalue weighted by Crippen LogP contribution is 2.42. The highest BCUT2D eigenvalue weighted by molar-refractivity contribution is 8.00. The van der Waals surface area contributed by atoms with Crippen molar-refractivity contribution in [2.24, 2.45) is 0 Å². The molecule has 0 unspecified atom stereocenters. The van der Waals surface area contributed by atoms with E-state index in [4.69, 9.17) is 44.3 Å². The fourth-order valence-corrected chi connectivity index (χ4v) is 5.02. The molecule has 2 heterocycles. The normalized spacial score (nSPS) is 19.1. The van der Waals surface area contributed by atoms with Crippen molar-refractivity contribution >= 4 is 76.4 Å². The molecule has 11 nitrogen and oxygen atoms in total. The highest BCUT2D eigenvalue weighted by atomic mass is 35.6. The molecule has 1 saturated heterocycles. The minimum Gasteiger partial charge on any atom is -0.477 e. The molecule has 1 aromatic rings. The van der Waals surface area contributed by atoms with Crippen LogP contribution in [0.2, 0.25) is 0 Å². The number of carbonyl (C=O) groups is 5. The number of amides is 3. The summed E-state index contributed by atoms with van der Waals surface area (Å²) >= 11 is 17.9. The van der Waals surface area contributed by atoms with E-state index in [0.717, 1.165) is 21.7 Å². The molecule has 3 rings (SSSR count). The minimum atomic E-state index is -1.90. The Morgan fingerprint density at radius 2 is 1.86 bits per heavy atom. The first kappa shape index (κ1) is 27.9. The largest absolute Gasteiger partial charge is 0.477 e. The summed E-state index contributed by atoms with van der Waals surface area (Å²) in [5, 5.41) is 9.70. The smallest absolute Gasteiger partial charge is 0.426 e. The molecule has 194 valence electrons. The van der Waals surface area contributed by atoms with Crippen LogP contribution in [0.3, 0.4) is 0 Å². The number of ether oxygens (including phenoxy) is 2. The van der Waals surface area contributed by atoms with Crippen molar-refractivity contribution in [3.05, 3.63) is 47.2 Å². The molecule has 0 radical (unpaired) electrons. The van der Waals surface area contributed by atoms with Crippen molar-refractivity contribution in [3.8, 4) is 0 Å². The number of hydrazine groups is 1. The standard InChI is InChI=1S/C21H20Cl3N3O8S/c1-11(28)34-8-13-9-36-18-16(17(30)26(18)15(13)19(31)32)27(25-20(33)35-10-21(22,23)24)14(29)7-12-5-3-2-4-6-12/h2-6,16,18H,7-10H2,1H3,(H,25,33)(H,31,32)/t16-,18-/m1/s1. The molecule has 15 heteroatoms. The summed E-state index contributed by atoms with van der Waals surface area (Å²) in [6.07, 6.45) is -1.33. The number of esters is 1. The number of thioether (sulfide) groups is 1. The lowest BCUT2D eigenvalue weighted by Gasteiger charge is -2.52. The van der Waals surface area contributed by atoms with Gasteiger partial charge in [-0.25, -0.2) is 20.0 Å². The summed E-state index contributed by atoms with van der Waals surface area (Å²) in [6.45, 7) is 0.246. The Hall–Kier alpha value is -2.67. The topological polar surface area (TPSA) is 143 Å². The third-order valence-corrected chi connectivity index (χ3v) is 6.65. The molecule has 0 bridgehead atoms. The number of benzene rings is 1. The SMILES string of the molecule is CC(=O)OCC1=C(C(=O)O)N2C(=O)[C@@H](N(NC(=O)OCC(Cl)(Cl)Cl)C(=O)Cc3ccccc3)[C@H]2SC1. The number of carboxylic acids is 1. The van der Waals surface area contributed by atoms with Gasteiger partial charge in [-0.1, -0.05) is 65.1 Å². The minimum absolute atomic E-state index is 0.109. The molecule has 1 fully saturated rings. The van der Waals surface area contributed by atoms with Gasteiger partial charge in [0.15, 0.2) is 6.04 Å². The van der Waals surface area contributed by atoms with Gasteiger partial charge in [0, 0.05) is 18.2 Å². The predicted molar refractivity (Wildman–Crippen MR) is 130 cm³/mol. The molecule has 1 aromatic carbocycles. The first-order valence-corrected chi connectivity index (χ1v) is 12.5. The summed E-state index contributed by atoms with van der Waals surface area (Å²) in [5.41, 5.74) is 2.72. The van der Waals surface area contributed by atoms with Crippen molar-refractivity contribution in [1.82, 2.24) is 15.3 Å². The third-order valence-electron chi connectivity index (χ3n) is 5.00. The van der Waals surface area contributed by atoms with Crippen molar-refractivity contribution in [3.63, 3.8) is 0 Å². The van der Waals surface area contributed by atoms with E-state index < -0.39 is 51.7 Å². The highest BCUT2D eigenvalue weighted by Gasteiger charge is 2.57. The molecular weight excluding hydrogens is 561 g/mol. The van der Waals surface area contributed by atoms with Crippen LogP contribution in [0.15, 0.2) is 41.6 Å². The van der Waals surface area contributed by atoms with Crippen LogP contribution < -0.4 is 5.43 Å². The Bertz CT molecular complexity index is 1100. The van der Waals surface area contributed by atoms with E-state index in [1.54, 1.807) is 30.3 Å². The number of carboxylic acid groups (broad SMARTS) is 1. The van der Waals surface area contributed by atoms with Gasteiger partial charge in [-0.05, 0) is 5.56 Å². The second kappa shape index (κ2) is 11.6. The maximum atomic E-state index is 13.2. The van der Waals surface area contributed by atoms with Crippen molar-refractivity contribution in [2.75, 3.05) is 19.0 Å². The van der Waals surface area contributed by atoms with Gasteiger partial charge in [0.05, 0.1) is 6.42 Å². The number of aliphatic carboxylic acids is 1. The Labute approximate surface area is 224 Å². The summed E-state index contributed by atoms with van der Waals surface area (Å²) in [4.78, 5) is 62.8. The van der Waals surface area contributed by atoms with Gasteiger partial charge in [0.1, 0.15) is 24.3 Å². The molecule has 0 aliphatic carbocycles. The van der Waals surface area contributed by atoms with Gasteiger partial charge in [-0.15, -0.1) is 11.8 Å². The quantitative estimate of drug-likeness (QED) is 0.215. The van der Waals surface area contributed by atoms with Crippen molar-refractivity contribution in [2.45, 2.75) is 28.6 Å². The van der Waals surface area contributed by atoms with Gasteiger partial charge in [0.25, 0.3) is 5.91 Å². The summed E-state index contributed by atoms with van der Waals surface area (Å²) in [7, 11) is 0. The van der Waals surface area contributed by atoms with E-state index in [2.05, 4.69) is 5.43 Å². The van der Waals surface area contributed by atoms with Gasteiger partial charge in [0.2, 0.25) is 9.70 Å². The molecule has 0 aromatic heterocycles. The van der Waals surface area contributed by atoms with Crippen molar-refractivity contribution < 1.29 is 38.6 Å². The summed E-state index contributed by atoms with van der Waals surface area (Å²) in [6, 6.07) is 7.34. The Kier molecular flexibility index (Phi) is 8.98. The lowest BCUT2D eigenvalue weighted by Crippen LogP contribution is -2.74. The second-order valence-corrected chi connectivity index (χ2v) is 11.2. The maximum absolute atomic E-state index is 13.2. The zero-order valence-electron chi connectivity index (χ0n) is 18.6. The predicted octanol–water partition coefficient (Wildman–Crippen LogP) is 2.25. The molecular formula is C21H20Cl3N3O8S. The number of hydrogen-bond donors (Lipinski definition) is 2. The number of nitrogens with zero attached hydrogens (tertiary/aromatic N) is 2. The fourth-order valence-electron chi connectivity index (χ4n) is 3.49. The first-order valence-electron chi connectivity index (χ1n) is 10.3. The number of fused-ring (bicyclic) bond motifs is 1. The lowest BCUT2D eigenvalue weighted by molar-refractivity contribution is -0.162. The number of rotatable bonds is 7. The van der Waals surface area contributed by atoms with Crippen LogP contribution in [0, 0.1) is 0 Å². The molecule has 2 aliphatic heterocycles. The van der Waals surface area contributed by atoms with Crippen LogP contribution in [0.25, 0.3) is 0 Å². The molecule has 36 heavy (non-hydrogen) atoms. The summed E-state index contributed by atoms with van der Waals surface area (Å²) in [5.74, 6) is -3.31. The van der Waals surface area contributed by atoms with Crippen LogP contribution >= 0.6 is 46.6 Å². The zero-order chi connectivity index (χ0) is 26.6. The number of β-lactam (4-membered cyclic amide) rings is 1. The average Bonchev–Trinajstić information content (AvgIpc) is 2.80. The maximum Gasteiger partial charge on any atom is 0.426 e. The number of alkyl halides is 3. The molecule has 0 spiro atoms. The van der Waals surface area contributed by atoms with E-state index >= 15 is 0 Å². The van der Waals surface area contributed by atoms with Crippen LogP contribution in [0.5, 0.6) is 0 Å².